The molecule has 0 spiro atoms. The number of halogens is 1. The summed E-state index contributed by atoms with van der Waals surface area (Å²) >= 11 is 5.94. The zero-order valence-electron chi connectivity index (χ0n) is 14.7. The Bertz CT molecular complexity index is 944. The Morgan fingerprint density at radius 1 is 1.21 bits per heavy atom. The van der Waals surface area contributed by atoms with Crippen LogP contribution in [-0.2, 0) is 25.7 Å². The number of imide groups is 1. The van der Waals surface area contributed by atoms with Crippen molar-refractivity contribution in [1.29, 1.82) is 0 Å². The van der Waals surface area contributed by atoms with Crippen molar-refractivity contribution in [3.05, 3.63) is 47.3 Å². The number of hydrogen-bond donors (Lipinski definition) is 0. The van der Waals surface area contributed by atoms with E-state index in [-0.39, 0.29) is 36.1 Å². The molecule has 2 heterocycles. The summed E-state index contributed by atoms with van der Waals surface area (Å²) in [5.74, 6) is -1.69. The molecule has 1 aliphatic carbocycles. The average molecular weight is 402 g/mol. The van der Waals surface area contributed by atoms with Crippen LogP contribution in [0, 0.1) is 11.8 Å². The van der Waals surface area contributed by atoms with Gasteiger partial charge in [-0.1, -0.05) is 41.0 Å². The number of amides is 2. The lowest BCUT2D eigenvalue weighted by Gasteiger charge is -2.14. The molecule has 0 N–H and O–H groups in total. The molecule has 0 unspecified atom stereocenters. The molecule has 144 valence electrons. The van der Waals surface area contributed by atoms with Crippen LogP contribution in [0.15, 0.2) is 40.9 Å². The Hall–Kier alpha value is -3.00. The van der Waals surface area contributed by atoms with Crippen molar-refractivity contribution in [2.75, 3.05) is 6.54 Å². The molecule has 0 radical (unpaired) electrons. The first-order valence-corrected chi connectivity index (χ1v) is 9.15. The first-order chi connectivity index (χ1) is 13.5. The fourth-order valence-electron chi connectivity index (χ4n) is 3.40. The second-order valence-corrected chi connectivity index (χ2v) is 7.04. The first kappa shape index (κ1) is 18.4. The third-order valence-electron chi connectivity index (χ3n) is 4.79. The van der Waals surface area contributed by atoms with E-state index in [1.54, 1.807) is 24.3 Å². The Morgan fingerprint density at radius 2 is 1.93 bits per heavy atom. The van der Waals surface area contributed by atoms with Crippen molar-refractivity contribution in [2.24, 2.45) is 11.8 Å². The quantitative estimate of drug-likeness (QED) is 0.430. The number of ether oxygens (including phenoxy) is 1. The number of fused-ring (bicyclic) bond motifs is 1. The van der Waals surface area contributed by atoms with Gasteiger partial charge in [-0.15, -0.1) is 0 Å². The van der Waals surface area contributed by atoms with E-state index in [9.17, 15) is 14.4 Å². The van der Waals surface area contributed by atoms with Crippen molar-refractivity contribution < 1.29 is 23.6 Å². The number of hydrogen-bond acceptors (Lipinski definition) is 7. The summed E-state index contributed by atoms with van der Waals surface area (Å²) in [4.78, 5) is 41.9. The molecule has 0 bridgehead atoms. The van der Waals surface area contributed by atoms with Gasteiger partial charge >= 0.3 is 5.97 Å². The molecule has 1 aliphatic heterocycles. The van der Waals surface area contributed by atoms with Crippen molar-refractivity contribution in [2.45, 2.75) is 19.4 Å². The summed E-state index contributed by atoms with van der Waals surface area (Å²) in [6.45, 7) is -0.670. The lowest BCUT2D eigenvalue weighted by molar-refractivity contribution is -0.154. The van der Waals surface area contributed by atoms with E-state index in [0.29, 0.717) is 29.3 Å². The largest absolute Gasteiger partial charge is 0.454 e. The maximum atomic E-state index is 12.4. The van der Waals surface area contributed by atoms with Crippen LogP contribution >= 0.6 is 11.6 Å². The average Bonchev–Trinajstić information content (AvgIpc) is 3.26. The van der Waals surface area contributed by atoms with Gasteiger partial charge in [0.15, 0.2) is 6.61 Å². The second kappa shape index (κ2) is 7.55. The Balaban J connectivity index is 1.34. The number of esters is 1. The Morgan fingerprint density at radius 3 is 2.61 bits per heavy atom. The van der Waals surface area contributed by atoms with Gasteiger partial charge in [-0.05, 0) is 25.0 Å². The predicted octanol–water partition coefficient (Wildman–Crippen LogP) is 2.38. The lowest BCUT2D eigenvalue weighted by atomic mass is 9.85. The number of nitrogens with zero attached hydrogens (tertiary/aromatic N) is 3. The number of carbonyl (C=O) groups is 3. The summed E-state index contributed by atoms with van der Waals surface area (Å²) in [6.07, 6.45) is 4.83. The monoisotopic (exact) mass is 401 g/mol. The van der Waals surface area contributed by atoms with E-state index in [4.69, 9.17) is 20.9 Å². The smallest absolute Gasteiger partial charge is 0.326 e. The number of allylic oxidation sites excluding steroid dienone is 2. The van der Waals surface area contributed by atoms with Gasteiger partial charge in [-0.3, -0.25) is 19.3 Å². The number of benzene rings is 1. The number of likely N-dealkylation sites (tertiary alicyclic amines) is 1. The van der Waals surface area contributed by atoms with Gasteiger partial charge in [0.1, 0.15) is 6.54 Å². The molecule has 0 saturated carbocycles. The molecular formula is C19H16ClN3O5. The standard InChI is InChI=1S/C19H16ClN3O5/c20-12-5-3-4-11(8-12)17-21-15(28-22-17)10-27-16(24)9-23-18(25)13-6-1-2-7-14(13)19(23)26/h1-5,8,13-14H,6-7,9-10H2/t13-,14+. The maximum Gasteiger partial charge on any atom is 0.326 e. The van der Waals surface area contributed by atoms with Crippen LogP contribution in [0.4, 0.5) is 0 Å². The van der Waals surface area contributed by atoms with Crippen molar-refractivity contribution in [3.8, 4) is 11.4 Å². The van der Waals surface area contributed by atoms with Gasteiger partial charge < -0.3 is 9.26 Å². The predicted molar refractivity (Wildman–Crippen MR) is 96.6 cm³/mol. The maximum absolute atomic E-state index is 12.4. The molecule has 2 atom stereocenters. The van der Waals surface area contributed by atoms with E-state index in [2.05, 4.69) is 10.1 Å². The second-order valence-electron chi connectivity index (χ2n) is 6.60. The van der Waals surface area contributed by atoms with Crippen LogP contribution in [0.1, 0.15) is 18.7 Å². The van der Waals surface area contributed by atoms with Crippen LogP contribution in [0.5, 0.6) is 0 Å². The molecular weight excluding hydrogens is 386 g/mol. The number of carbonyl (C=O) groups excluding carboxylic acids is 3. The highest BCUT2D eigenvalue weighted by Crippen LogP contribution is 2.34. The van der Waals surface area contributed by atoms with Crippen LogP contribution in [0.25, 0.3) is 11.4 Å². The van der Waals surface area contributed by atoms with E-state index < -0.39 is 12.5 Å². The first-order valence-electron chi connectivity index (χ1n) is 8.77. The van der Waals surface area contributed by atoms with Crippen molar-refractivity contribution >= 4 is 29.4 Å². The topological polar surface area (TPSA) is 103 Å². The fourth-order valence-corrected chi connectivity index (χ4v) is 3.59. The molecule has 9 heteroatoms. The van der Waals surface area contributed by atoms with E-state index in [0.717, 1.165) is 4.90 Å². The number of aromatic nitrogens is 2. The summed E-state index contributed by atoms with van der Waals surface area (Å²) < 4.78 is 10.2. The minimum Gasteiger partial charge on any atom is -0.454 e. The highest BCUT2D eigenvalue weighted by atomic mass is 35.5. The summed E-state index contributed by atoms with van der Waals surface area (Å²) in [5, 5.41) is 4.35. The van der Waals surface area contributed by atoms with E-state index in [1.807, 2.05) is 12.2 Å². The van der Waals surface area contributed by atoms with Crippen LogP contribution in [0.2, 0.25) is 5.02 Å². The lowest BCUT2D eigenvalue weighted by Crippen LogP contribution is -2.36. The third-order valence-corrected chi connectivity index (χ3v) is 5.03. The van der Waals surface area contributed by atoms with E-state index in [1.165, 1.54) is 0 Å². The molecule has 2 amide bonds. The minimum atomic E-state index is -0.712. The molecule has 1 aromatic carbocycles. The molecule has 4 rings (SSSR count). The van der Waals surface area contributed by atoms with Crippen molar-refractivity contribution in [1.82, 2.24) is 15.0 Å². The Kier molecular flexibility index (Phi) is 4.95. The molecule has 2 aliphatic rings. The van der Waals surface area contributed by atoms with Crippen LogP contribution in [0.3, 0.4) is 0 Å². The van der Waals surface area contributed by atoms with Gasteiger partial charge in [0.25, 0.3) is 5.89 Å². The zero-order valence-corrected chi connectivity index (χ0v) is 15.5. The van der Waals surface area contributed by atoms with Crippen LogP contribution in [-0.4, -0.2) is 39.4 Å². The SMILES string of the molecule is O=C(CN1C(=O)[C@H]2CC=CC[C@H]2C1=O)OCc1nc(-c2cccc(Cl)c2)no1. The van der Waals surface area contributed by atoms with Gasteiger partial charge in [-0.2, -0.15) is 4.98 Å². The molecule has 1 fully saturated rings. The molecule has 2 aromatic rings. The summed E-state index contributed by atoms with van der Waals surface area (Å²) in [7, 11) is 0. The van der Waals surface area contributed by atoms with Crippen molar-refractivity contribution in [3.63, 3.8) is 0 Å². The summed E-state index contributed by atoms with van der Waals surface area (Å²) in [6, 6.07) is 6.93. The Labute approximate surface area is 165 Å². The van der Waals surface area contributed by atoms with Crippen LogP contribution < -0.4 is 0 Å². The highest BCUT2D eigenvalue weighted by molar-refractivity contribution is 6.30. The van der Waals surface area contributed by atoms with E-state index >= 15 is 0 Å². The van der Waals surface area contributed by atoms with Gasteiger partial charge in [0.2, 0.25) is 17.6 Å². The normalized spacial score (nSPS) is 21.1. The molecule has 1 aromatic heterocycles. The fraction of sp³-hybridized carbons (Fsp3) is 0.316. The molecule has 8 nitrogen and oxygen atoms in total. The highest BCUT2D eigenvalue weighted by Gasteiger charge is 2.47. The van der Waals surface area contributed by atoms with Gasteiger partial charge in [-0.25, -0.2) is 0 Å². The minimum absolute atomic E-state index is 0.0975. The third kappa shape index (κ3) is 3.55. The van der Waals surface area contributed by atoms with Gasteiger partial charge in [0, 0.05) is 10.6 Å². The molecule has 28 heavy (non-hydrogen) atoms. The summed E-state index contributed by atoms with van der Waals surface area (Å²) in [5.41, 5.74) is 0.665. The number of rotatable bonds is 5. The molecule has 1 saturated heterocycles. The van der Waals surface area contributed by atoms with Gasteiger partial charge in [0.05, 0.1) is 11.8 Å². The zero-order chi connectivity index (χ0) is 19.7.